The molecule has 2 fully saturated rings. The van der Waals surface area contributed by atoms with Gasteiger partial charge in [0.25, 0.3) is 12.3 Å². The summed E-state index contributed by atoms with van der Waals surface area (Å²) in [5.41, 5.74) is -0.347. The molecule has 0 spiro atoms. The van der Waals surface area contributed by atoms with Crippen LogP contribution in [0.2, 0.25) is 0 Å². The monoisotopic (exact) mass is 329 g/mol. The van der Waals surface area contributed by atoms with Crippen LogP contribution in [0.25, 0.3) is 0 Å². The lowest BCUT2D eigenvalue weighted by Gasteiger charge is -2.38. The Morgan fingerprint density at radius 2 is 2.00 bits per heavy atom. The van der Waals surface area contributed by atoms with Crippen molar-refractivity contribution in [2.24, 2.45) is 11.8 Å². The van der Waals surface area contributed by atoms with Crippen LogP contribution in [0.5, 0.6) is 0 Å². The van der Waals surface area contributed by atoms with Crippen LogP contribution < -0.4 is 5.32 Å². The third-order valence-electron chi connectivity index (χ3n) is 4.65. The third kappa shape index (κ3) is 3.87. The van der Waals surface area contributed by atoms with Crippen molar-refractivity contribution in [1.29, 1.82) is 0 Å². The van der Waals surface area contributed by atoms with E-state index in [4.69, 9.17) is 9.47 Å². The van der Waals surface area contributed by atoms with E-state index in [2.05, 4.69) is 15.5 Å². The smallest absolute Gasteiger partial charge is 0.279 e. The Balaban J connectivity index is 1.64. The molecule has 3 rings (SSSR count). The lowest BCUT2D eigenvalue weighted by Crippen LogP contribution is -2.49. The number of carbonyl (C=O) groups is 1. The lowest BCUT2D eigenvalue weighted by atomic mass is 9.79. The second-order valence-corrected chi connectivity index (χ2v) is 6.07. The maximum Gasteiger partial charge on any atom is 0.279 e. The highest BCUT2D eigenvalue weighted by atomic mass is 19.3. The van der Waals surface area contributed by atoms with Crippen LogP contribution in [-0.2, 0) is 9.47 Å². The number of amides is 1. The zero-order valence-electron chi connectivity index (χ0n) is 12.8. The number of nitrogens with zero attached hydrogens (tertiary/aromatic N) is 1. The first kappa shape index (κ1) is 16.3. The largest absolute Gasteiger partial charge is 0.381 e. The van der Waals surface area contributed by atoms with Gasteiger partial charge < -0.3 is 14.8 Å². The molecule has 1 amide bonds. The molecule has 128 valence electrons. The van der Waals surface area contributed by atoms with Gasteiger partial charge in [-0.25, -0.2) is 8.78 Å². The Morgan fingerprint density at radius 1 is 1.26 bits per heavy atom. The average Bonchev–Trinajstić information content (AvgIpc) is 3.07. The second kappa shape index (κ2) is 7.35. The van der Waals surface area contributed by atoms with Gasteiger partial charge in [-0.3, -0.25) is 9.89 Å². The molecule has 2 saturated heterocycles. The van der Waals surface area contributed by atoms with E-state index in [1.54, 1.807) is 0 Å². The fourth-order valence-corrected chi connectivity index (χ4v) is 3.35. The van der Waals surface area contributed by atoms with Crippen molar-refractivity contribution in [3.8, 4) is 0 Å². The maximum atomic E-state index is 12.6. The average molecular weight is 329 g/mol. The molecule has 2 atom stereocenters. The van der Waals surface area contributed by atoms with Crippen LogP contribution in [-0.4, -0.2) is 48.6 Å². The van der Waals surface area contributed by atoms with Crippen molar-refractivity contribution in [2.75, 3.05) is 26.4 Å². The highest BCUT2D eigenvalue weighted by Crippen LogP contribution is 2.30. The van der Waals surface area contributed by atoms with Gasteiger partial charge in [-0.2, -0.15) is 5.10 Å². The molecule has 23 heavy (non-hydrogen) atoms. The summed E-state index contributed by atoms with van der Waals surface area (Å²) >= 11 is 0. The second-order valence-electron chi connectivity index (χ2n) is 6.07. The van der Waals surface area contributed by atoms with Gasteiger partial charge in [-0.15, -0.1) is 0 Å². The number of hydrogen-bond acceptors (Lipinski definition) is 4. The predicted molar refractivity (Wildman–Crippen MR) is 77.3 cm³/mol. The highest BCUT2D eigenvalue weighted by Gasteiger charge is 2.34. The highest BCUT2D eigenvalue weighted by molar-refractivity contribution is 5.92. The number of aromatic amines is 1. The summed E-state index contributed by atoms with van der Waals surface area (Å²) in [6.45, 7) is 2.67. The Hall–Kier alpha value is -1.54. The quantitative estimate of drug-likeness (QED) is 0.885. The molecular formula is C15H21F2N3O3. The number of carbonyl (C=O) groups excluding carboxylic acids is 1. The minimum atomic E-state index is -2.66. The summed E-state index contributed by atoms with van der Waals surface area (Å²) in [7, 11) is 0. The van der Waals surface area contributed by atoms with Gasteiger partial charge in [-0.05, 0) is 31.2 Å². The molecule has 8 heteroatoms. The van der Waals surface area contributed by atoms with Crippen molar-refractivity contribution < 1.29 is 23.0 Å². The molecule has 0 radical (unpaired) electrons. The molecule has 0 aromatic carbocycles. The molecule has 2 N–H and O–H groups in total. The summed E-state index contributed by atoms with van der Waals surface area (Å²) < 4.78 is 36.1. The molecule has 1 aromatic heterocycles. The number of nitrogens with one attached hydrogen (secondary N) is 2. The van der Waals surface area contributed by atoms with E-state index >= 15 is 0 Å². The summed E-state index contributed by atoms with van der Waals surface area (Å²) in [6.07, 6.45) is -0.0292. The van der Waals surface area contributed by atoms with Gasteiger partial charge in [0, 0.05) is 31.8 Å². The van der Waals surface area contributed by atoms with Crippen molar-refractivity contribution in [2.45, 2.75) is 31.7 Å². The van der Waals surface area contributed by atoms with Crippen LogP contribution in [0.15, 0.2) is 6.07 Å². The van der Waals surface area contributed by atoms with Crippen molar-refractivity contribution in [1.82, 2.24) is 15.5 Å². The van der Waals surface area contributed by atoms with E-state index in [9.17, 15) is 13.6 Å². The topological polar surface area (TPSA) is 76.2 Å². The zero-order chi connectivity index (χ0) is 16.2. The first-order valence-electron chi connectivity index (χ1n) is 7.95. The number of halogens is 2. The standard InChI is InChI=1S/C15H21F2N3O3/c16-14(17)12-7-13(20-19-12)15(21)18-11-3-6-23-8-10(11)9-1-4-22-5-2-9/h7,9-11,14H,1-6,8H2,(H,18,21)(H,19,20)/t10-,11-/m1/s1. The number of aromatic nitrogens is 2. The lowest BCUT2D eigenvalue weighted by molar-refractivity contribution is -0.0259. The van der Waals surface area contributed by atoms with E-state index < -0.39 is 12.3 Å². The molecule has 0 aliphatic carbocycles. The zero-order valence-corrected chi connectivity index (χ0v) is 12.8. The molecule has 0 saturated carbocycles. The van der Waals surface area contributed by atoms with E-state index in [-0.39, 0.29) is 23.3 Å². The van der Waals surface area contributed by atoms with Gasteiger partial charge >= 0.3 is 0 Å². The summed E-state index contributed by atoms with van der Waals surface area (Å²) in [4.78, 5) is 12.3. The van der Waals surface area contributed by atoms with Gasteiger partial charge in [0.05, 0.1) is 6.61 Å². The van der Waals surface area contributed by atoms with E-state index in [0.29, 0.717) is 19.1 Å². The van der Waals surface area contributed by atoms with E-state index in [1.165, 1.54) is 0 Å². The van der Waals surface area contributed by atoms with Crippen molar-refractivity contribution in [3.63, 3.8) is 0 Å². The number of H-pyrrole nitrogens is 1. The minimum absolute atomic E-state index is 0.00230. The Morgan fingerprint density at radius 3 is 2.70 bits per heavy atom. The molecule has 1 aromatic rings. The normalized spacial score (nSPS) is 26.4. The number of alkyl halides is 2. The van der Waals surface area contributed by atoms with Gasteiger partial charge in [0.15, 0.2) is 0 Å². The Kier molecular flexibility index (Phi) is 5.22. The SMILES string of the molecule is O=C(N[C@@H]1CCOC[C@@H]1C1CCOCC1)c1cc(C(F)F)[nH]n1. The van der Waals surface area contributed by atoms with E-state index in [1.807, 2.05) is 0 Å². The first-order chi connectivity index (χ1) is 11.1. The molecule has 6 nitrogen and oxygen atoms in total. The number of hydrogen-bond donors (Lipinski definition) is 2. The van der Waals surface area contributed by atoms with Crippen LogP contribution >= 0.6 is 0 Å². The fourth-order valence-electron chi connectivity index (χ4n) is 3.35. The molecular weight excluding hydrogens is 308 g/mol. The number of rotatable bonds is 4. The van der Waals surface area contributed by atoms with Crippen LogP contribution in [0.4, 0.5) is 8.78 Å². The fraction of sp³-hybridized carbons (Fsp3) is 0.733. The van der Waals surface area contributed by atoms with Crippen LogP contribution in [0.1, 0.15) is 41.9 Å². The van der Waals surface area contributed by atoms with E-state index in [0.717, 1.165) is 38.5 Å². The summed E-state index contributed by atoms with van der Waals surface area (Å²) in [5, 5.41) is 8.82. The predicted octanol–water partition coefficient (Wildman–Crippen LogP) is 1.91. The van der Waals surface area contributed by atoms with Crippen LogP contribution in [0.3, 0.4) is 0 Å². The van der Waals surface area contributed by atoms with Gasteiger partial charge in [0.2, 0.25) is 0 Å². The third-order valence-corrected chi connectivity index (χ3v) is 4.65. The van der Waals surface area contributed by atoms with Gasteiger partial charge in [-0.1, -0.05) is 0 Å². The molecule has 2 aliphatic rings. The first-order valence-corrected chi connectivity index (χ1v) is 7.95. The molecule has 3 heterocycles. The molecule has 2 aliphatic heterocycles. The Labute approximate surface area is 132 Å². The summed E-state index contributed by atoms with van der Waals surface area (Å²) in [5.74, 6) is 0.257. The van der Waals surface area contributed by atoms with Crippen LogP contribution in [0, 0.1) is 11.8 Å². The summed E-state index contributed by atoms with van der Waals surface area (Å²) in [6, 6.07) is 1.08. The Bertz CT molecular complexity index is 532. The van der Waals surface area contributed by atoms with Gasteiger partial charge in [0.1, 0.15) is 11.4 Å². The van der Waals surface area contributed by atoms with Crippen molar-refractivity contribution >= 4 is 5.91 Å². The maximum absolute atomic E-state index is 12.6. The molecule has 0 unspecified atom stereocenters. The minimum Gasteiger partial charge on any atom is -0.381 e. The number of ether oxygens (including phenoxy) is 2. The van der Waals surface area contributed by atoms with Crippen molar-refractivity contribution in [3.05, 3.63) is 17.5 Å². The molecule has 0 bridgehead atoms.